The van der Waals surface area contributed by atoms with Gasteiger partial charge in [0.15, 0.2) is 5.72 Å². The summed E-state index contributed by atoms with van der Waals surface area (Å²) < 4.78 is 12.3. The van der Waals surface area contributed by atoms with Gasteiger partial charge in [-0.25, -0.2) is 4.98 Å². The van der Waals surface area contributed by atoms with Crippen LogP contribution < -0.4 is 15.4 Å². The number of aromatic nitrogens is 3. The van der Waals surface area contributed by atoms with Gasteiger partial charge in [-0.2, -0.15) is 10.2 Å². The van der Waals surface area contributed by atoms with Crippen molar-refractivity contribution in [2.24, 2.45) is 0 Å². The molecule has 4 aromatic rings. The summed E-state index contributed by atoms with van der Waals surface area (Å²) in [7, 11) is 5.64. The number of hydrogen-bond acceptors (Lipinski definition) is 9. The van der Waals surface area contributed by atoms with E-state index in [1.165, 1.54) is 0 Å². The van der Waals surface area contributed by atoms with Crippen LogP contribution in [-0.4, -0.2) is 52.5 Å². The normalized spacial score (nSPS) is 21.0. The highest BCUT2D eigenvalue weighted by Gasteiger charge is 2.59. The minimum Gasteiger partial charge on any atom is -0.468 e. The minimum absolute atomic E-state index is 0.411. The molecule has 2 heterocycles. The van der Waals surface area contributed by atoms with Gasteiger partial charge in [0.1, 0.15) is 17.3 Å². The molecular formula is C27H27N7O2. The number of fused-ring (bicyclic) bond motifs is 1. The molecule has 0 spiro atoms. The average molecular weight is 482 g/mol. The smallest absolute Gasteiger partial charge is 0.227 e. The summed E-state index contributed by atoms with van der Waals surface area (Å²) in [5.41, 5.74) is 0.968. The van der Waals surface area contributed by atoms with Crippen molar-refractivity contribution in [1.82, 2.24) is 19.9 Å². The second kappa shape index (κ2) is 9.41. The molecule has 0 unspecified atom stereocenters. The fourth-order valence-electron chi connectivity index (χ4n) is 4.50. The van der Waals surface area contributed by atoms with Gasteiger partial charge in [0, 0.05) is 31.5 Å². The van der Waals surface area contributed by atoms with Crippen LogP contribution in [0.5, 0.6) is 5.75 Å². The Bertz CT molecular complexity index is 1430. The zero-order valence-corrected chi connectivity index (χ0v) is 20.4. The molecular weight excluding hydrogens is 454 g/mol. The van der Waals surface area contributed by atoms with E-state index in [0.29, 0.717) is 35.9 Å². The van der Waals surface area contributed by atoms with Crippen LogP contribution in [0, 0.1) is 11.3 Å². The molecule has 9 heteroatoms. The number of benzene rings is 2. The van der Waals surface area contributed by atoms with Crippen LogP contribution in [0.15, 0.2) is 73.1 Å². The molecule has 0 radical (unpaired) electrons. The molecule has 5 rings (SSSR count). The first-order valence-corrected chi connectivity index (χ1v) is 11.6. The number of rotatable bonds is 8. The SMILES string of the molecule is COC1(N(C)C)CC(Nc2nccc(Nc3cnc4ccccc4c3)n2)(Oc2cccc(C#N)c2)C1. The van der Waals surface area contributed by atoms with Crippen molar-refractivity contribution in [1.29, 1.82) is 5.26 Å². The molecule has 9 nitrogen and oxygen atoms in total. The maximum atomic E-state index is 9.29. The van der Waals surface area contributed by atoms with Gasteiger partial charge < -0.3 is 20.1 Å². The predicted octanol–water partition coefficient (Wildman–Crippen LogP) is 4.53. The van der Waals surface area contributed by atoms with Crippen LogP contribution in [0.25, 0.3) is 10.9 Å². The molecule has 36 heavy (non-hydrogen) atoms. The molecule has 1 aliphatic carbocycles. The largest absolute Gasteiger partial charge is 0.468 e. The summed E-state index contributed by atoms with van der Waals surface area (Å²) >= 11 is 0. The van der Waals surface area contributed by atoms with Crippen molar-refractivity contribution >= 4 is 28.4 Å². The molecule has 2 aromatic heterocycles. The Morgan fingerprint density at radius 1 is 1.03 bits per heavy atom. The molecule has 1 fully saturated rings. The number of ether oxygens (including phenoxy) is 2. The number of para-hydroxylation sites is 1. The quantitative estimate of drug-likeness (QED) is 0.351. The molecule has 0 aliphatic heterocycles. The third-order valence-corrected chi connectivity index (χ3v) is 6.45. The zero-order valence-electron chi connectivity index (χ0n) is 20.4. The second-order valence-corrected chi connectivity index (χ2v) is 9.07. The minimum atomic E-state index is -0.822. The van der Waals surface area contributed by atoms with E-state index in [1.54, 1.807) is 43.8 Å². The predicted molar refractivity (Wildman–Crippen MR) is 138 cm³/mol. The summed E-state index contributed by atoms with van der Waals surface area (Å²) in [6.45, 7) is 0. The Labute approximate surface area is 209 Å². The number of hydrogen-bond donors (Lipinski definition) is 2. The number of nitriles is 1. The first-order chi connectivity index (χ1) is 17.4. The monoisotopic (exact) mass is 481 g/mol. The van der Waals surface area contributed by atoms with E-state index < -0.39 is 11.4 Å². The van der Waals surface area contributed by atoms with E-state index >= 15 is 0 Å². The third-order valence-electron chi connectivity index (χ3n) is 6.45. The number of anilines is 3. The molecule has 1 saturated carbocycles. The summed E-state index contributed by atoms with van der Waals surface area (Å²) in [6, 6.07) is 21.0. The lowest BCUT2D eigenvalue weighted by molar-refractivity contribution is -0.236. The average Bonchev–Trinajstić information content (AvgIpc) is 2.87. The zero-order chi connectivity index (χ0) is 25.2. The summed E-state index contributed by atoms with van der Waals surface area (Å²) in [6.07, 6.45) is 4.51. The molecule has 1 aliphatic rings. The van der Waals surface area contributed by atoms with Crippen molar-refractivity contribution in [2.45, 2.75) is 24.3 Å². The molecule has 2 N–H and O–H groups in total. The number of methoxy groups -OCH3 is 1. The highest BCUT2D eigenvalue weighted by atomic mass is 16.5. The fraction of sp³-hybridized carbons (Fsp3) is 0.259. The molecule has 0 atom stereocenters. The number of nitrogens with zero attached hydrogens (tertiary/aromatic N) is 5. The van der Waals surface area contributed by atoms with Crippen molar-refractivity contribution in [3.8, 4) is 11.8 Å². The Hall–Kier alpha value is -4.26. The number of nitrogens with one attached hydrogen (secondary N) is 2. The van der Waals surface area contributed by atoms with Crippen LogP contribution >= 0.6 is 0 Å². The Morgan fingerprint density at radius 2 is 1.86 bits per heavy atom. The van der Waals surface area contributed by atoms with E-state index in [-0.39, 0.29) is 0 Å². The number of pyridine rings is 1. The van der Waals surface area contributed by atoms with Crippen LogP contribution in [0.4, 0.5) is 17.5 Å². The van der Waals surface area contributed by atoms with Gasteiger partial charge in [-0.1, -0.05) is 24.3 Å². The van der Waals surface area contributed by atoms with Crippen LogP contribution in [0.2, 0.25) is 0 Å². The maximum Gasteiger partial charge on any atom is 0.227 e. The lowest BCUT2D eigenvalue weighted by Crippen LogP contribution is -2.70. The van der Waals surface area contributed by atoms with Crippen molar-refractivity contribution < 1.29 is 9.47 Å². The molecule has 182 valence electrons. The fourth-order valence-corrected chi connectivity index (χ4v) is 4.50. The van der Waals surface area contributed by atoms with Crippen molar-refractivity contribution in [2.75, 3.05) is 31.8 Å². The summed E-state index contributed by atoms with van der Waals surface area (Å²) in [5.74, 6) is 1.62. The topological polar surface area (TPSA) is 108 Å². The summed E-state index contributed by atoms with van der Waals surface area (Å²) in [4.78, 5) is 15.6. The summed E-state index contributed by atoms with van der Waals surface area (Å²) in [5, 5.41) is 17.0. The lowest BCUT2D eigenvalue weighted by atomic mass is 9.77. The van der Waals surface area contributed by atoms with Crippen LogP contribution in [0.3, 0.4) is 0 Å². The van der Waals surface area contributed by atoms with E-state index in [1.807, 2.05) is 55.4 Å². The van der Waals surface area contributed by atoms with Crippen molar-refractivity contribution in [3.05, 3.63) is 78.6 Å². The first kappa shape index (κ1) is 23.5. The van der Waals surface area contributed by atoms with Crippen LogP contribution in [-0.2, 0) is 4.74 Å². The lowest BCUT2D eigenvalue weighted by Gasteiger charge is -2.56. The van der Waals surface area contributed by atoms with Gasteiger partial charge >= 0.3 is 0 Å². The van der Waals surface area contributed by atoms with E-state index in [4.69, 9.17) is 9.47 Å². The van der Waals surface area contributed by atoms with E-state index in [2.05, 4.69) is 31.7 Å². The second-order valence-electron chi connectivity index (χ2n) is 9.07. The molecule has 0 saturated heterocycles. The van der Waals surface area contributed by atoms with Gasteiger partial charge in [-0.15, -0.1) is 0 Å². The molecule has 2 aromatic carbocycles. The van der Waals surface area contributed by atoms with E-state index in [0.717, 1.165) is 16.6 Å². The standard InChI is InChI=1S/C27H27N7O2/c1-34(2)27(35-3)17-26(18-27,36-22-9-6-7-19(13-22)15-28)33-25-29-12-11-24(32-25)31-21-14-20-8-4-5-10-23(20)30-16-21/h4-14,16H,17-18H2,1-3H3,(H2,29,31,32,33). The molecule has 0 amide bonds. The van der Waals surface area contributed by atoms with Gasteiger partial charge in [0.05, 0.1) is 29.0 Å². The van der Waals surface area contributed by atoms with Crippen LogP contribution in [0.1, 0.15) is 18.4 Å². The highest BCUT2D eigenvalue weighted by molar-refractivity contribution is 5.82. The highest BCUT2D eigenvalue weighted by Crippen LogP contribution is 2.47. The van der Waals surface area contributed by atoms with Crippen molar-refractivity contribution in [3.63, 3.8) is 0 Å². The first-order valence-electron chi connectivity index (χ1n) is 11.6. The maximum absolute atomic E-state index is 9.29. The Balaban J connectivity index is 1.39. The molecule has 0 bridgehead atoms. The Morgan fingerprint density at radius 3 is 2.64 bits per heavy atom. The van der Waals surface area contributed by atoms with Gasteiger partial charge in [-0.3, -0.25) is 9.88 Å². The van der Waals surface area contributed by atoms with Gasteiger partial charge in [-0.05, 0) is 50.5 Å². The third kappa shape index (κ3) is 4.64. The van der Waals surface area contributed by atoms with Gasteiger partial charge in [0.25, 0.3) is 0 Å². The van der Waals surface area contributed by atoms with E-state index in [9.17, 15) is 5.26 Å². The van der Waals surface area contributed by atoms with Gasteiger partial charge in [0.2, 0.25) is 5.95 Å². The Kier molecular flexibility index (Phi) is 6.14.